The molecule has 26 heavy (non-hydrogen) atoms. The lowest BCUT2D eigenvalue weighted by Crippen LogP contribution is -2.39. The minimum atomic E-state index is -0.391. The SMILES string of the molecule is CC1c2c(nc(C3CC3)nc2N2CCC2)CN1C(=O)c1cccc(F)c1. The molecule has 0 radical (unpaired) electrons. The van der Waals surface area contributed by atoms with Gasteiger partial charge in [0.1, 0.15) is 17.5 Å². The van der Waals surface area contributed by atoms with Crippen molar-refractivity contribution in [3.8, 4) is 0 Å². The molecule has 2 aromatic rings. The number of rotatable bonds is 3. The van der Waals surface area contributed by atoms with Crippen molar-refractivity contribution in [3.63, 3.8) is 0 Å². The molecule has 1 saturated carbocycles. The molecule has 1 amide bonds. The highest BCUT2D eigenvalue weighted by atomic mass is 19.1. The molecule has 1 atom stereocenters. The van der Waals surface area contributed by atoms with Gasteiger partial charge in [0.25, 0.3) is 5.91 Å². The van der Waals surface area contributed by atoms with E-state index >= 15 is 0 Å². The zero-order valence-electron chi connectivity index (χ0n) is 14.8. The third kappa shape index (κ3) is 2.47. The van der Waals surface area contributed by atoms with Gasteiger partial charge < -0.3 is 9.80 Å². The van der Waals surface area contributed by atoms with E-state index in [4.69, 9.17) is 9.97 Å². The van der Waals surface area contributed by atoms with Crippen molar-refractivity contribution in [2.75, 3.05) is 18.0 Å². The van der Waals surface area contributed by atoms with Gasteiger partial charge in [-0.25, -0.2) is 14.4 Å². The zero-order valence-corrected chi connectivity index (χ0v) is 14.8. The number of nitrogens with zero attached hydrogens (tertiary/aromatic N) is 4. The van der Waals surface area contributed by atoms with Crippen LogP contribution in [0.1, 0.15) is 65.6 Å². The molecule has 2 fully saturated rings. The molecular formula is C20H21FN4O. The first kappa shape index (κ1) is 15.7. The molecule has 2 aliphatic heterocycles. The lowest BCUT2D eigenvalue weighted by atomic mass is 10.1. The first-order chi connectivity index (χ1) is 12.6. The van der Waals surface area contributed by atoms with Crippen molar-refractivity contribution in [3.05, 3.63) is 52.7 Å². The summed E-state index contributed by atoms with van der Waals surface area (Å²) in [6, 6.07) is 5.79. The van der Waals surface area contributed by atoms with Gasteiger partial charge in [0.05, 0.1) is 18.3 Å². The number of hydrogen-bond donors (Lipinski definition) is 0. The lowest BCUT2D eigenvalue weighted by molar-refractivity contribution is 0.0703. The second-order valence-electron chi connectivity index (χ2n) is 7.50. The Balaban J connectivity index is 1.52. The Morgan fingerprint density at radius 3 is 2.69 bits per heavy atom. The highest BCUT2D eigenvalue weighted by Gasteiger charge is 2.39. The molecule has 1 unspecified atom stereocenters. The zero-order chi connectivity index (χ0) is 17.8. The van der Waals surface area contributed by atoms with Crippen LogP contribution < -0.4 is 4.90 Å². The Kier molecular flexibility index (Phi) is 3.48. The van der Waals surface area contributed by atoms with Crippen molar-refractivity contribution in [1.82, 2.24) is 14.9 Å². The van der Waals surface area contributed by atoms with Crippen molar-refractivity contribution in [2.24, 2.45) is 0 Å². The fourth-order valence-corrected chi connectivity index (χ4v) is 3.85. The molecule has 0 spiro atoms. The fourth-order valence-electron chi connectivity index (χ4n) is 3.85. The molecule has 3 heterocycles. The highest BCUT2D eigenvalue weighted by Crippen LogP contribution is 2.44. The Labute approximate surface area is 151 Å². The molecule has 0 N–H and O–H groups in total. The van der Waals surface area contributed by atoms with Gasteiger partial charge in [-0.15, -0.1) is 0 Å². The van der Waals surface area contributed by atoms with Gasteiger partial charge in [-0.1, -0.05) is 6.07 Å². The van der Waals surface area contributed by atoms with Crippen molar-refractivity contribution >= 4 is 11.7 Å². The largest absolute Gasteiger partial charge is 0.356 e. The number of aromatic nitrogens is 2. The summed E-state index contributed by atoms with van der Waals surface area (Å²) in [6.07, 6.45) is 3.48. The standard InChI is InChI=1S/C20H21FN4O/c1-12-17-16(11-25(12)20(26)14-4-2-5-15(21)10-14)22-18(13-6-7-13)23-19(17)24-8-3-9-24/h2,4-5,10,12-13H,3,6-9,11H2,1H3. The van der Waals surface area contributed by atoms with Crippen LogP contribution in [0.2, 0.25) is 0 Å². The maximum atomic E-state index is 13.5. The number of halogens is 1. The summed E-state index contributed by atoms with van der Waals surface area (Å²) >= 11 is 0. The van der Waals surface area contributed by atoms with Crippen molar-refractivity contribution in [1.29, 1.82) is 0 Å². The third-order valence-corrected chi connectivity index (χ3v) is 5.66. The molecule has 3 aliphatic rings. The van der Waals surface area contributed by atoms with Crippen LogP contribution in [0.3, 0.4) is 0 Å². The quantitative estimate of drug-likeness (QED) is 0.849. The van der Waals surface area contributed by atoms with Crippen LogP contribution in [0, 0.1) is 5.82 Å². The van der Waals surface area contributed by atoms with Gasteiger partial charge in [-0.3, -0.25) is 4.79 Å². The number of hydrogen-bond acceptors (Lipinski definition) is 4. The average Bonchev–Trinajstić information content (AvgIpc) is 3.37. The Hall–Kier alpha value is -2.50. The second-order valence-corrected chi connectivity index (χ2v) is 7.50. The van der Waals surface area contributed by atoms with E-state index in [1.165, 1.54) is 18.6 Å². The molecule has 1 aromatic heterocycles. The van der Waals surface area contributed by atoms with Gasteiger partial charge >= 0.3 is 0 Å². The lowest BCUT2D eigenvalue weighted by Gasteiger charge is -2.34. The van der Waals surface area contributed by atoms with Crippen LogP contribution in [0.5, 0.6) is 0 Å². The van der Waals surface area contributed by atoms with Crippen LogP contribution in [0.4, 0.5) is 10.2 Å². The van der Waals surface area contributed by atoms with E-state index in [1.807, 2.05) is 6.92 Å². The predicted octanol–water partition coefficient (Wildman–Crippen LogP) is 3.42. The number of fused-ring (bicyclic) bond motifs is 1. The Morgan fingerprint density at radius 2 is 2.04 bits per heavy atom. The molecule has 1 aromatic carbocycles. The van der Waals surface area contributed by atoms with E-state index < -0.39 is 5.82 Å². The first-order valence-electron chi connectivity index (χ1n) is 9.34. The maximum absolute atomic E-state index is 13.5. The topological polar surface area (TPSA) is 49.3 Å². The monoisotopic (exact) mass is 352 g/mol. The number of benzene rings is 1. The molecular weight excluding hydrogens is 331 g/mol. The first-order valence-corrected chi connectivity index (χ1v) is 9.34. The van der Waals surface area contributed by atoms with Crippen LogP contribution >= 0.6 is 0 Å². The molecule has 5 nitrogen and oxygen atoms in total. The van der Waals surface area contributed by atoms with E-state index in [-0.39, 0.29) is 11.9 Å². The molecule has 0 bridgehead atoms. The normalized spacial score (nSPS) is 21.5. The second kappa shape index (κ2) is 5.76. The van der Waals surface area contributed by atoms with Gasteiger partial charge in [0.15, 0.2) is 0 Å². The molecule has 1 saturated heterocycles. The summed E-state index contributed by atoms with van der Waals surface area (Å²) in [5.41, 5.74) is 2.41. The Morgan fingerprint density at radius 1 is 1.23 bits per heavy atom. The smallest absolute Gasteiger partial charge is 0.254 e. The van der Waals surface area contributed by atoms with Gasteiger partial charge in [0.2, 0.25) is 0 Å². The summed E-state index contributed by atoms with van der Waals surface area (Å²) in [4.78, 5) is 26.7. The summed E-state index contributed by atoms with van der Waals surface area (Å²) in [6.45, 7) is 4.51. The summed E-state index contributed by atoms with van der Waals surface area (Å²) < 4.78 is 13.5. The summed E-state index contributed by atoms with van der Waals surface area (Å²) in [7, 11) is 0. The highest BCUT2D eigenvalue weighted by molar-refractivity contribution is 5.95. The molecule has 134 valence electrons. The van der Waals surface area contributed by atoms with Crippen LogP contribution in [0.15, 0.2) is 24.3 Å². The van der Waals surface area contributed by atoms with E-state index in [9.17, 15) is 9.18 Å². The summed E-state index contributed by atoms with van der Waals surface area (Å²) in [5.74, 6) is 1.86. The van der Waals surface area contributed by atoms with Crippen LogP contribution in [-0.2, 0) is 6.54 Å². The number of amides is 1. The summed E-state index contributed by atoms with van der Waals surface area (Å²) in [5, 5.41) is 0. The average molecular weight is 352 g/mol. The van der Waals surface area contributed by atoms with E-state index in [0.29, 0.717) is 18.0 Å². The third-order valence-electron chi connectivity index (χ3n) is 5.66. The van der Waals surface area contributed by atoms with Gasteiger partial charge in [-0.05, 0) is 44.4 Å². The van der Waals surface area contributed by atoms with E-state index in [2.05, 4.69) is 4.90 Å². The van der Waals surface area contributed by atoms with E-state index in [0.717, 1.165) is 48.8 Å². The minimum absolute atomic E-state index is 0.107. The fraction of sp³-hybridized carbons (Fsp3) is 0.450. The molecule has 5 rings (SSSR count). The van der Waals surface area contributed by atoms with Crippen LogP contribution in [0.25, 0.3) is 0 Å². The molecule has 6 heteroatoms. The van der Waals surface area contributed by atoms with Gasteiger partial charge in [-0.2, -0.15) is 0 Å². The molecule has 1 aliphatic carbocycles. The van der Waals surface area contributed by atoms with Crippen molar-refractivity contribution < 1.29 is 9.18 Å². The predicted molar refractivity (Wildman–Crippen MR) is 95.5 cm³/mol. The number of anilines is 1. The maximum Gasteiger partial charge on any atom is 0.254 e. The number of carbonyl (C=O) groups excluding carboxylic acids is 1. The van der Waals surface area contributed by atoms with E-state index in [1.54, 1.807) is 17.0 Å². The number of carbonyl (C=O) groups is 1. The Bertz CT molecular complexity index is 891. The van der Waals surface area contributed by atoms with Crippen molar-refractivity contribution in [2.45, 2.75) is 44.7 Å². The van der Waals surface area contributed by atoms with Crippen LogP contribution in [-0.4, -0.2) is 33.9 Å². The minimum Gasteiger partial charge on any atom is -0.356 e. The van der Waals surface area contributed by atoms with Gasteiger partial charge in [0, 0.05) is 30.1 Å².